The lowest BCUT2D eigenvalue weighted by atomic mass is 10.3. The molecule has 0 radical (unpaired) electrons. The molecule has 0 atom stereocenters. The van der Waals surface area contributed by atoms with Crippen molar-refractivity contribution in [3.05, 3.63) is 4.88 Å². The number of rotatable bonds is 8. The molecule has 1 aromatic heterocycles. The maximum absolute atomic E-state index is 11.5. The number of anilines is 2. The van der Waals surface area contributed by atoms with Crippen LogP contribution in [0.4, 0.5) is 10.7 Å². The zero-order chi connectivity index (χ0) is 15.3. The number of primary amides is 1. The minimum Gasteiger partial charge on any atom is -0.486 e. The molecule has 0 aliphatic rings. The van der Waals surface area contributed by atoms with Crippen LogP contribution in [-0.2, 0) is 4.74 Å². The number of ether oxygens (including phenoxy) is 2. The van der Waals surface area contributed by atoms with E-state index in [1.165, 1.54) is 11.3 Å². The lowest BCUT2D eigenvalue weighted by Crippen LogP contribution is -2.26. The fourth-order valence-electron chi connectivity index (χ4n) is 1.76. The highest BCUT2D eigenvalue weighted by Crippen LogP contribution is 2.45. The van der Waals surface area contributed by atoms with Crippen LogP contribution in [-0.4, -0.2) is 38.8 Å². The molecule has 1 amide bonds. The summed E-state index contributed by atoms with van der Waals surface area (Å²) in [5.41, 5.74) is 11.7. The first-order valence-electron chi connectivity index (χ1n) is 6.54. The molecule has 114 valence electrons. The van der Waals surface area contributed by atoms with Crippen LogP contribution in [0, 0.1) is 0 Å². The van der Waals surface area contributed by atoms with Gasteiger partial charge in [-0.1, -0.05) is 0 Å². The third-order valence-corrected chi connectivity index (χ3v) is 3.96. The Balaban J connectivity index is 3.20. The highest BCUT2D eigenvalue weighted by molar-refractivity contribution is 7.19. The molecule has 0 unspecified atom stereocenters. The van der Waals surface area contributed by atoms with Gasteiger partial charge in [-0.15, -0.1) is 11.3 Å². The average molecular weight is 301 g/mol. The normalized spacial score (nSPS) is 10.8. The summed E-state index contributed by atoms with van der Waals surface area (Å²) in [5, 5.41) is 0.824. The molecule has 1 heterocycles. The maximum atomic E-state index is 11.5. The van der Waals surface area contributed by atoms with Crippen LogP contribution in [0.2, 0.25) is 0 Å². The molecule has 0 saturated heterocycles. The van der Waals surface area contributed by atoms with E-state index in [9.17, 15) is 4.79 Å². The second kappa shape index (κ2) is 7.35. The summed E-state index contributed by atoms with van der Waals surface area (Å²) in [6.45, 7) is 7.88. The van der Waals surface area contributed by atoms with E-state index in [-0.39, 0.29) is 6.10 Å². The van der Waals surface area contributed by atoms with Gasteiger partial charge in [0.25, 0.3) is 5.91 Å². The number of carbonyl (C=O) groups excluding carboxylic acids is 1. The SMILES string of the molecule is CCN(CCOC)c1sc(C(N)=O)c(N)c1OC(C)C. The Hall–Kier alpha value is -1.47. The van der Waals surface area contributed by atoms with E-state index in [1.807, 2.05) is 20.8 Å². The summed E-state index contributed by atoms with van der Waals surface area (Å²) < 4.78 is 10.9. The quantitative estimate of drug-likeness (QED) is 0.762. The van der Waals surface area contributed by atoms with E-state index in [0.29, 0.717) is 29.5 Å². The molecule has 6 nitrogen and oxygen atoms in total. The summed E-state index contributed by atoms with van der Waals surface area (Å²) in [6.07, 6.45) is -0.0347. The Labute approximate surface area is 123 Å². The third-order valence-electron chi connectivity index (χ3n) is 2.69. The summed E-state index contributed by atoms with van der Waals surface area (Å²) in [5.74, 6) is 0.00639. The molecule has 0 bridgehead atoms. The first kappa shape index (κ1) is 16.6. The Morgan fingerprint density at radius 2 is 2.10 bits per heavy atom. The van der Waals surface area contributed by atoms with E-state index in [2.05, 4.69) is 4.90 Å². The van der Waals surface area contributed by atoms with E-state index < -0.39 is 5.91 Å². The predicted octanol–water partition coefficient (Wildman–Crippen LogP) is 1.69. The molecule has 7 heteroatoms. The first-order valence-corrected chi connectivity index (χ1v) is 7.36. The van der Waals surface area contributed by atoms with Crippen molar-refractivity contribution in [2.75, 3.05) is 37.4 Å². The minimum absolute atomic E-state index is 0.0347. The molecule has 0 aliphatic carbocycles. The van der Waals surface area contributed by atoms with Crippen LogP contribution >= 0.6 is 11.3 Å². The number of carbonyl (C=O) groups is 1. The van der Waals surface area contributed by atoms with Crippen molar-refractivity contribution in [3.63, 3.8) is 0 Å². The monoisotopic (exact) mass is 301 g/mol. The number of hydrogen-bond donors (Lipinski definition) is 2. The van der Waals surface area contributed by atoms with Crippen molar-refractivity contribution in [1.82, 2.24) is 0 Å². The number of nitrogen functional groups attached to an aromatic ring is 1. The Bertz CT molecular complexity index is 460. The molecule has 0 aromatic carbocycles. The third kappa shape index (κ3) is 3.77. The number of nitrogens with zero attached hydrogens (tertiary/aromatic N) is 1. The topological polar surface area (TPSA) is 90.8 Å². The van der Waals surface area contributed by atoms with Gasteiger partial charge in [-0.25, -0.2) is 0 Å². The van der Waals surface area contributed by atoms with Crippen molar-refractivity contribution in [3.8, 4) is 5.75 Å². The Kier molecular flexibility index (Phi) is 6.09. The predicted molar refractivity (Wildman–Crippen MR) is 82.8 cm³/mol. The number of hydrogen-bond acceptors (Lipinski definition) is 6. The molecule has 1 rings (SSSR count). The van der Waals surface area contributed by atoms with Crippen LogP contribution in [0.25, 0.3) is 0 Å². The number of amides is 1. The Morgan fingerprint density at radius 1 is 1.45 bits per heavy atom. The van der Waals surface area contributed by atoms with Crippen LogP contribution in [0.5, 0.6) is 5.75 Å². The summed E-state index contributed by atoms with van der Waals surface area (Å²) in [4.78, 5) is 13.9. The minimum atomic E-state index is -0.532. The van der Waals surface area contributed by atoms with Gasteiger partial charge in [-0.3, -0.25) is 4.79 Å². The molecular formula is C13H23N3O3S. The number of methoxy groups -OCH3 is 1. The van der Waals surface area contributed by atoms with Gasteiger partial charge in [0.15, 0.2) is 5.75 Å². The average Bonchev–Trinajstić information content (AvgIpc) is 2.68. The van der Waals surface area contributed by atoms with Crippen molar-refractivity contribution in [2.24, 2.45) is 5.73 Å². The second-order valence-electron chi connectivity index (χ2n) is 4.58. The van der Waals surface area contributed by atoms with E-state index in [4.69, 9.17) is 20.9 Å². The van der Waals surface area contributed by atoms with Crippen molar-refractivity contribution in [2.45, 2.75) is 26.9 Å². The smallest absolute Gasteiger partial charge is 0.261 e. The van der Waals surface area contributed by atoms with Gasteiger partial charge in [0.1, 0.15) is 15.6 Å². The van der Waals surface area contributed by atoms with Gasteiger partial charge in [0.2, 0.25) is 0 Å². The van der Waals surface area contributed by atoms with Gasteiger partial charge in [-0.2, -0.15) is 0 Å². The van der Waals surface area contributed by atoms with E-state index >= 15 is 0 Å². The highest BCUT2D eigenvalue weighted by Gasteiger charge is 2.24. The van der Waals surface area contributed by atoms with Gasteiger partial charge in [0, 0.05) is 20.2 Å². The molecule has 20 heavy (non-hydrogen) atoms. The van der Waals surface area contributed by atoms with Crippen LogP contribution < -0.4 is 21.1 Å². The number of thiophene rings is 1. The zero-order valence-electron chi connectivity index (χ0n) is 12.4. The summed E-state index contributed by atoms with van der Waals surface area (Å²) in [6, 6.07) is 0. The molecular weight excluding hydrogens is 278 g/mol. The second-order valence-corrected chi connectivity index (χ2v) is 5.58. The molecule has 0 fully saturated rings. The lowest BCUT2D eigenvalue weighted by Gasteiger charge is -2.23. The molecule has 0 spiro atoms. The van der Waals surface area contributed by atoms with Gasteiger partial charge in [0.05, 0.1) is 12.7 Å². The molecule has 0 saturated carbocycles. The van der Waals surface area contributed by atoms with Crippen LogP contribution in [0.1, 0.15) is 30.4 Å². The number of nitrogens with two attached hydrogens (primary N) is 2. The zero-order valence-corrected chi connectivity index (χ0v) is 13.3. The summed E-state index contributed by atoms with van der Waals surface area (Å²) >= 11 is 1.27. The van der Waals surface area contributed by atoms with Crippen molar-refractivity contribution >= 4 is 27.9 Å². The van der Waals surface area contributed by atoms with Gasteiger partial charge < -0.3 is 25.8 Å². The van der Waals surface area contributed by atoms with Gasteiger partial charge >= 0.3 is 0 Å². The fourth-order valence-corrected chi connectivity index (χ4v) is 2.86. The largest absolute Gasteiger partial charge is 0.486 e. The van der Waals surface area contributed by atoms with E-state index in [0.717, 1.165) is 11.5 Å². The van der Waals surface area contributed by atoms with Gasteiger partial charge in [-0.05, 0) is 20.8 Å². The molecule has 4 N–H and O–H groups in total. The fraction of sp³-hybridized carbons (Fsp3) is 0.615. The standard InChI is InChI=1S/C13H23N3O3S/c1-5-16(6-7-18-4)13-10(19-8(2)3)9(14)11(20-13)12(15)17/h8H,5-7,14H2,1-4H3,(H2,15,17). The molecule has 0 aliphatic heterocycles. The highest BCUT2D eigenvalue weighted by atomic mass is 32.1. The number of likely N-dealkylation sites (N-methyl/N-ethyl adjacent to an activating group) is 1. The molecule has 1 aromatic rings. The van der Waals surface area contributed by atoms with Crippen LogP contribution in [0.3, 0.4) is 0 Å². The Morgan fingerprint density at radius 3 is 2.55 bits per heavy atom. The van der Waals surface area contributed by atoms with E-state index in [1.54, 1.807) is 7.11 Å². The summed E-state index contributed by atoms with van der Waals surface area (Å²) in [7, 11) is 1.65. The van der Waals surface area contributed by atoms with Crippen molar-refractivity contribution in [1.29, 1.82) is 0 Å². The van der Waals surface area contributed by atoms with Crippen LogP contribution in [0.15, 0.2) is 0 Å². The van der Waals surface area contributed by atoms with Crippen molar-refractivity contribution < 1.29 is 14.3 Å². The lowest BCUT2D eigenvalue weighted by molar-refractivity contribution is 0.100. The maximum Gasteiger partial charge on any atom is 0.261 e. The first-order chi connectivity index (χ1) is 9.42.